The van der Waals surface area contributed by atoms with Crippen LogP contribution in [0.15, 0.2) is 42.5 Å². The first-order valence-corrected chi connectivity index (χ1v) is 9.84. The number of carbonyl (C=O) groups is 2. The van der Waals surface area contributed by atoms with Gasteiger partial charge in [0, 0.05) is 30.3 Å². The number of piperidine rings is 1. The fourth-order valence-corrected chi connectivity index (χ4v) is 3.80. The Hall–Kier alpha value is -3.46. The maximum Gasteiger partial charge on any atom is 0.411 e. The van der Waals surface area contributed by atoms with Crippen molar-refractivity contribution in [2.45, 2.75) is 18.9 Å². The van der Waals surface area contributed by atoms with E-state index in [4.69, 9.17) is 5.11 Å². The molecule has 2 aromatic heterocycles. The second-order valence-electron chi connectivity index (χ2n) is 7.63. The molecular formula is C21H24N6O3. The molecule has 9 nitrogen and oxygen atoms in total. The lowest BCUT2D eigenvalue weighted by Crippen LogP contribution is -2.47. The first-order chi connectivity index (χ1) is 14.4. The molecule has 0 aliphatic carbocycles. The molecule has 0 radical (unpaired) electrons. The van der Waals surface area contributed by atoms with E-state index in [2.05, 4.69) is 34.4 Å². The molecule has 1 saturated heterocycles. The minimum absolute atomic E-state index is 0.0160. The standard InChI is InChI=1S/C21H24N6O3/c1-25(2)16-5-4-12-26(13-16)19(28)15-10-8-14(9-11-15)17-6-3-7-18-22-20(23-21(29)30)24-27(17)18/h3,6-11,16H,4-5,12-13H2,1-2H3,(H,23,24)(H,29,30). The van der Waals surface area contributed by atoms with E-state index in [-0.39, 0.29) is 11.9 Å². The number of rotatable bonds is 4. The van der Waals surface area contributed by atoms with Gasteiger partial charge in [-0.2, -0.15) is 4.98 Å². The molecule has 0 bridgehead atoms. The molecule has 30 heavy (non-hydrogen) atoms. The number of nitrogens with zero attached hydrogens (tertiary/aromatic N) is 5. The zero-order valence-electron chi connectivity index (χ0n) is 16.9. The minimum Gasteiger partial charge on any atom is -0.465 e. The average Bonchev–Trinajstić information content (AvgIpc) is 3.15. The molecule has 1 aliphatic heterocycles. The predicted octanol–water partition coefficient (Wildman–Crippen LogP) is 2.65. The summed E-state index contributed by atoms with van der Waals surface area (Å²) in [6.45, 7) is 1.52. The van der Waals surface area contributed by atoms with Crippen LogP contribution in [-0.2, 0) is 0 Å². The molecular weight excluding hydrogens is 384 g/mol. The summed E-state index contributed by atoms with van der Waals surface area (Å²) in [5.41, 5.74) is 2.79. The molecule has 1 atom stereocenters. The van der Waals surface area contributed by atoms with Crippen molar-refractivity contribution in [3.63, 3.8) is 0 Å². The fourth-order valence-electron chi connectivity index (χ4n) is 3.80. The first-order valence-electron chi connectivity index (χ1n) is 9.84. The van der Waals surface area contributed by atoms with Crippen molar-refractivity contribution in [3.8, 4) is 11.3 Å². The number of carbonyl (C=O) groups excluding carboxylic acids is 1. The van der Waals surface area contributed by atoms with E-state index in [9.17, 15) is 9.59 Å². The van der Waals surface area contributed by atoms with E-state index in [1.807, 2.05) is 41.3 Å². The molecule has 3 aromatic rings. The van der Waals surface area contributed by atoms with Crippen LogP contribution in [0.25, 0.3) is 16.9 Å². The van der Waals surface area contributed by atoms with Gasteiger partial charge in [0.05, 0.1) is 5.69 Å². The summed E-state index contributed by atoms with van der Waals surface area (Å²) < 4.78 is 1.58. The van der Waals surface area contributed by atoms with E-state index in [1.54, 1.807) is 10.6 Å². The van der Waals surface area contributed by atoms with Gasteiger partial charge in [-0.05, 0) is 51.2 Å². The number of nitrogens with one attached hydrogen (secondary N) is 1. The van der Waals surface area contributed by atoms with Gasteiger partial charge in [-0.15, -0.1) is 5.10 Å². The van der Waals surface area contributed by atoms with Crippen LogP contribution in [0.1, 0.15) is 23.2 Å². The Kier molecular flexibility index (Phi) is 5.37. The molecule has 1 aliphatic rings. The summed E-state index contributed by atoms with van der Waals surface area (Å²) in [5, 5.41) is 15.3. The number of fused-ring (bicyclic) bond motifs is 1. The molecule has 9 heteroatoms. The summed E-state index contributed by atoms with van der Waals surface area (Å²) >= 11 is 0. The van der Waals surface area contributed by atoms with E-state index in [0.717, 1.165) is 37.2 Å². The molecule has 1 aromatic carbocycles. The van der Waals surface area contributed by atoms with Crippen LogP contribution in [0.3, 0.4) is 0 Å². The zero-order valence-corrected chi connectivity index (χ0v) is 16.9. The monoisotopic (exact) mass is 408 g/mol. The lowest BCUT2D eigenvalue weighted by Gasteiger charge is -2.36. The minimum atomic E-state index is -1.22. The topological polar surface area (TPSA) is 103 Å². The molecule has 0 saturated carbocycles. The molecule has 1 unspecified atom stereocenters. The Labute approximate surface area is 173 Å². The van der Waals surface area contributed by atoms with Crippen LogP contribution in [0.5, 0.6) is 0 Å². The number of amides is 2. The quantitative estimate of drug-likeness (QED) is 0.688. The van der Waals surface area contributed by atoms with E-state index < -0.39 is 6.09 Å². The number of pyridine rings is 1. The Morgan fingerprint density at radius 2 is 1.93 bits per heavy atom. The molecule has 156 valence electrons. The maximum absolute atomic E-state index is 13.0. The highest BCUT2D eigenvalue weighted by Gasteiger charge is 2.25. The van der Waals surface area contributed by atoms with Gasteiger partial charge in [0.1, 0.15) is 0 Å². The Balaban J connectivity index is 1.57. The Morgan fingerprint density at radius 1 is 1.17 bits per heavy atom. The SMILES string of the molecule is CN(C)C1CCCN(C(=O)c2ccc(-c3cccc4nc(NC(=O)O)nn34)cc2)C1. The van der Waals surface area contributed by atoms with Gasteiger partial charge in [0.25, 0.3) is 11.9 Å². The first kappa shape index (κ1) is 19.8. The van der Waals surface area contributed by atoms with Crippen LogP contribution in [0, 0.1) is 0 Å². The largest absolute Gasteiger partial charge is 0.465 e. The second kappa shape index (κ2) is 8.11. The number of hydrogen-bond donors (Lipinski definition) is 2. The normalized spacial score (nSPS) is 16.8. The van der Waals surface area contributed by atoms with Crippen molar-refractivity contribution < 1.29 is 14.7 Å². The van der Waals surface area contributed by atoms with E-state index >= 15 is 0 Å². The van der Waals surface area contributed by atoms with Gasteiger partial charge in [0.15, 0.2) is 5.65 Å². The lowest BCUT2D eigenvalue weighted by atomic mass is 10.0. The van der Waals surface area contributed by atoms with E-state index in [0.29, 0.717) is 17.3 Å². The van der Waals surface area contributed by atoms with Crippen molar-refractivity contribution in [1.29, 1.82) is 0 Å². The third-order valence-electron chi connectivity index (χ3n) is 5.42. The van der Waals surface area contributed by atoms with Gasteiger partial charge in [-0.25, -0.2) is 9.31 Å². The Morgan fingerprint density at radius 3 is 2.63 bits per heavy atom. The van der Waals surface area contributed by atoms with Gasteiger partial charge < -0.3 is 14.9 Å². The summed E-state index contributed by atoms with van der Waals surface area (Å²) in [7, 11) is 4.10. The van der Waals surface area contributed by atoms with Gasteiger partial charge in [0.2, 0.25) is 0 Å². The second-order valence-corrected chi connectivity index (χ2v) is 7.63. The number of benzene rings is 1. The number of likely N-dealkylation sites (tertiary alicyclic amines) is 1. The number of hydrogen-bond acceptors (Lipinski definition) is 5. The number of carboxylic acid groups (broad SMARTS) is 1. The van der Waals surface area contributed by atoms with Gasteiger partial charge in [-0.3, -0.25) is 10.1 Å². The zero-order chi connectivity index (χ0) is 21.3. The van der Waals surface area contributed by atoms with Crippen molar-refractivity contribution >= 4 is 23.6 Å². The molecule has 0 spiro atoms. The van der Waals surface area contributed by atoms with Crippen molar-refractivity contribution in [1.82, 2.24) is 24.4 Å². The Bertz CT molecular complexity index is 1080. The summed E-state index contributed by atoms with van der Waals surface area (Å²) in [4.78, 5) is 32.1. The van der Waals surface area contributed by atoms with Crippen molar-refractivity contribution in [2.75, 3.05) is 32.5 Å². The molecule has 4 rings (SSSR count). The highest BCUT2D eigenvalue weighted by Crippen LogP contribution is 2.23. The highest BCUT2D eigenvalue weighted by molar-refractivity contribution is 5.94. The molecule has 3 heterocycles. The van der Waals surface area contributed by atoms with Crippen LogP contribution in [0.2, 0.25) is 0 Å². The number of aromatic nitrogens is 3. The van der Waals surface area contributed by atoms with Gasteiger partial charge >= 0.3 is 6.09 Å². The summed E-state index contributed by atoms with van der Waals surface area (Å²) in [6.07, 6.45) is 0.897. The van der Waals surface area contributed by atoms with Crippen LogP contribution < -0.4 is 5.32 Å². The predicted molar refractivity (Wildman–Crippen MR) is 113 cm³/mol. The van der Waals surface area contributed by atoms with Gasteiger partial charge in [-0.1, -0.05) is 18.2 Å². The van der Waals surface area contributed by atoms with Crippen LogP contribution in [-0.4, -0.2) is 74.7 Å². The third kappa shape index (κ3) is 3.97. The number of likely N-dealkylation sites (N-methyl/N-ethyl adjacent to an activating group) is 1. The summed E-state index contributed by atoms with van der Waals surface area (Å²) in [5.74, 6) is 0.0577. The fraction of sp³-hybridized carbons (Fsp3) is 0.333. The highest BCUT2D eigenvalue weighted by atomic mass is 16.4. The van der Waals surface area contributed by atoms with Crippen LogP contribution in [0.4, 0.5) is 10.7 Å². The average molecular weight is 408 g/mol. The van der Waals surface area contributed by atoms with Crippen LogP contribution >= 0.6 is 0 Å². The maximum atomic E-state index is 13.0. The summed E-state index contributed by atoms with van der Waals surface area (Å²) in [6, 6.07) is 13.2. The van der Waals surface area contributed by atoms with Crippen molar-refractivity contribution in [3.05, 3.63) is 48.0 Å². The van der Waals surface area contributed by atoms with E-state index in [1.165, 1.54) is 0 Å². The third-order valence-corrected chi connectivity index (χ3v) is 5.42. The molecule has 2 amide bonds. The molecule has 1 fully saturated rings. The number of anilines is 1. The molecule has 2 N–H and O–H groups in total. The van der Waals surface area contributed by atoms with Crippen molar-refractivity contribution in [2.24, 2.45) is 0 Å². The smallest absolute Gasteiger partial charge is 0.411 e. The lowest BCUT2D eigenvalue weighted by molar-refractivity contribution is 0.0635.